The Labute approximate surface area is 267 Å². The molecule has 7 fully saturated rings. The highest BCUT2D eigenvalue weighted by atomic mass is 35.5. The van der Waals surface area contributed by atoms with E-state index in [1.807, 2.05) is 18.6 Å². The van der Waals surface area contributed by atoms with Crippen LogP contribution in [0.1, 0.15) is 95.8 Å². The van der Waals surface area contributed by atoms with Crippen LogP contribution in [0.3, 0.4) is 0 Å². The zero-order valence-corrected chi connectivity index (χ0v) is 27.3. The zero-order valence-electron chi connectivity index (χ0n) is 25.6. The largest absolute Gasteiger partial charge is 0.465 e. The predicted octanol–water partition coefficient (Wildman–Crippen LogP) is 4.19. The van der Waals surface area contributed by atoms with E-state index in [0.29, 0.717) is 43.3 Å². The third-order valence-corrected chi connectivity index (χ3v) is 11.7. The lowest BCUT2D eigenvalue weighted by atomic mass is 9.52. The van der Waals surface area contributed by atoms with Gasteiger partial charge in [-0.15, -0.1) is 35.0 Å². The van der Waals surface area contributed by atoms with Gasteiger partial charge in [-0.05, 0) is 131 Å². The molecule has 8 rings (SSSR count). The van der Waals surface area contributed by atoms with E-state index in [4.69, 9.17) is 14.6 Å². The average Bonchev–Trinajstić information content (AvgIpc) is 3.60. The number of carbonyl (C=O) groups excluding carboxylic acids is 2. The smallest absolute Gasteiger partial charge is 0.323 e. The summed E-state index contributed by atoms with van der Waals surface area (Å²) >= 11 is 0. The molecule has 7 aliphatic rings. The van der Waals surface area contributed by atoms with Gasteiger partial charge >= 0.3 is 11.9 Å². The second-order valence-corrected chi connectivity index (χ2v) is 14.2. The minimum atomic E-state index is -0.270. The molecule has 1 aromatic heterocycles. The Morgan fingerprint density at radius 1 is 0.837 bits per heavy atom. The Kier molecular flexibility index (Phi) is 10.6. The van der Waals surface area contributed by atoms with E-state index in [1.54, 1.807) is 0 Å². The van der Waals surface area contributed by atoms with Crippen molar-refractivity contribution in [2.75, 3.05) is 32.8 Å². The van der Waals surface area contributed by atoms with Gasteiger partial charge in [0.1, 0.15) is 12.1 Å². The molecular weight excluding hydrogens is 591 g/mol. The van der Waals surface area contributed by atoms with Crippen LogP contribution in [-0.2, 0) is 19.1 Å². The van der Waals surface area contributed by atoms with E-state index in [1.165, 1.54) is 38.5 Å². The van der Waals surface area contributed by atoms with Gasteiger partial charge in [-0.1, -0.05) is 0 Å². The van der Waals surface area contributed by atoms with Crippen LogP contribution in [0.4, 0.5) is 0 Å². The van der Waals surface area contributed by atoms with E-state index in [0.717, 1.165) is 68.4 Å². The van der Waals surface area contributed by atoms with Gasteiger partial charge in [0.15, 0.2) is 5.82 Å². The van der Waals surface area contributed by atoms with Crippen LogP contribution in [-0.4, -0.2) is 82.0 Å². The van der Waals surface area contributed by atoms with Gasteiger partial charge in [0.05, 0.1) is 19.3 Å². The molecule has 2 saturated heterocycles. The summed E-state index contributed by atoms with van der Waals surface area (Å²) in [6, 6.07) is -0.431. The number of hydrogen-bond acceptors (Lipinski definition) is 9. The molecule has 2 aliphatic heterocycles. The van der Waals surface area contributed by atoms with E-state index in [2.05, 4.69) is 20.5 Å². The summed E-state index contributed by atoms with van der Waals surface area (Å²) < 4.78 is 10.8. The number of aromatic nitrogens is 4. The molecule has 12 heteroatoms. The summed E-state index contributed by atoms with van der Waals surface area (Å²) in [6.07, 6.45) is 11.7. The third-order valence-electron chi connectivity index (χ3n) is 11.7. The Morgan fingerprint density at radius 3 is 2.23 bits per heavy atom. The van der Waals surface area contributed by atoms with Crippen molar-refractivity contribution in [2.24, 2.45) is 41.4 Å². The molecule has 0 aromatic carbocycles. The maximum absolute atomic E-state index is 13.1. The normalized spacial score (nSPS) is 39.8. The molecule has 242 valence electrons. The maximum Gasteiger partial charge on any atom is 0.323 e. The number of fused-ring (bicyclic) bond motifs is 1. The number of rotatable bonds is 8. The third kappa shape index (κ3) is 6.59. The van der Waals surface area contributed by atoms with Gasteiger partial charge in [0.25, 0.3) is 0 Å². The van der Waals surface area contributed by atoms with Gasteiger partial charge in [-0.25, -0.2) is 0 Å². The number of piperidine rings is 1. The SMILES string of the molecule is CCOC(=O)[C@@H]1C[C@H]2C[C@@H](CN3C[C@@H](n4nnc(C5C6CC7CC(C6)CC5C7)n4)C[C@H]3C(=O)OCC)CC[C@H]2CN1.Cl.Cl. The molecule has 0 amide bonds. The summed E-state index contributed by atoms with van der Waals surface area (Å²) in [4.78, 5) is 29.7. The number of hydrogen-bond donors (Lipinski definition) is 1. The van der Waals surface area contributed by atoms with Crippen LogP contribution >= 0.6 is 24.8 Å². The molecule has 6 atom stereocenters. The number of nitrogens with zero attached hydrogens (tertiary/aromatic N) is 5. The first kappa shape index (κ1) is 32.9. The molecule has 0 spiro atoms. The van der Waals surface area contributed by atoms with Crippen LogP contribution in [0.15, 0.2) is 0 Å². The van der Waals surface area contributed by atoms with E-state index in [-0.39, 0.29) is 54.9 Å². The Bertz CT molecular complexity index is 1090. The molecule has 0 radical (unpaired) electrons. The van der Waals surface area contributed by atoms with Crippen molar-refractivity contribution in [1.82, 2.24) is 30.4 Å². The summed E-state index contributed by atoms with van der Waals surface area (Å²) in [5, 5.41) is 17.7. The molecule has 5 saturated carbocycles. The van der Waals surface area contributed by atoms with Crippen molar-refractivity contribution < 1.29 is 19.1 Å². The van der Waals surface area contributed by atoms with Gasteiger partial charge in [-0.3, -0.25) is 14.5 Å². The number of halogens is 2. The van der Waals surface area contributed by atoms with Crippen LogP contribution in [0, 0.1) is 41.4 Å². The second kappa shape index (κ2) is 13.9. The van der Waals surface area contributed by atoms with Crippen molar-refractivity contribution in [3.63, 3.8) is 0 Å². The van der Waals surface area contributed by atoms with Gasteiger partial charge in [0.2, 0.25) is 0 Å². The molecule has 5 aliphatic carbocycles. The minimum absolute atomic E-state index is 0. The molecule has 4 bridgehead atoms. The number of esters is 2. The maximum atomic E-state index is 13.1. The Morgan fingerprint density at radius 2 is 1.53 bits per heavy atom. The molecule has 1 aromatic rings. The second-order valence-electron chi connectivity index (χ2n) is 14.2. The number of tetrazole rings is 1. The quantitative estimate of drug-likeness (QED) is 0.418. The topological polar surface area (TPSA) is 111 Å². The fraction of sp³-hybridized carbons (Fsp3) is 0.903. The van der Waals surface area contributed by atoms with Crippen LogP contribution in [0.2, 0.25) is 0 Å². The lowest BCUT2D eigenvalue weighted by molar-refractivity contribution is -0.149. The van der Waals surface area contributed by atoms with Crippen molar-refractivity contribution in [3.05, 3.63) is 5.82 Å². The summed E-state index contributed by atoms with van der Waals surface area (Å²) in [5.41, 5.74) is 0. The molecular formula is C31H50Cl2N6O4. The highest BCUT2D eigenvalue weighted by Gasteiger charge is 2.50. The first-order valence-corrected chi connectivity index (χ1v) is 16.6. The summed E-state index contributed by atoms with van der Waals surface area (Å²) in [5.74, 6) is 6.10. The summed E-state index contributed by atoms with van der Waals surface area (Å²) in [6.45, 7) is 7.07. The first-order chi connectivity index (χ1) is 20.0. The highest BCUT2D eigenvalue weighted by molar-refractivity contribution is 5.85. The molecule has 10 nitrogen and oxygen atoms in total. The fourth-order valence-electron chi connectivity index (χ4n) is 10.2. The fourth-order valence-corrected chi connectivity index (χ4v) is 10.2. The zero-order chi connectivity index (χ0) is 28.1. The van der Waals surface area contributed by atoms with Crippen molar-refractivity contribution in [3.8, 4) is 0 Å². The molecule has 43 heavy (non-hydrogen) atoms. The first-order valence-electron chi connectivity index (χ1n) is 16.6. The molecule has 0 unspecified atom stereocenters. The number of ether oxygens (including phenoxy) is 2. The highest BCUT2D eigenvalue weighted by Crippen LogP contribution is 2.59. The van der Waals surface area contributed by atoms with Crippen molar-refractivity contribution in [2.45, 2.75) is 102 Å². The van der Waals surface area contributed by atoms with Gasteiger partial charge in [0, 0.05) is 19.0 Å². The van der Waals surface area contributed by atoms with Gasteiger partial charge < -0.3 is 14.8 Å². The Hall–Kier alpha value is -1.49. The Balaban J connectivity index is 0.00000184. The number of carbonyl (C=O) groups is 2. The molecule has 1 N–H and O–H groups in total. The van der Waals surface area contributed by atoms with Crippen LogP contribution < -0.4 is 5.32 Å². The number of likely N-dealkylation sites (tertiary alicyclic amines) is 1. The minimum Gasteiger partial charge on any atom is -0.465 e. The standard InChI is InChI=1S/C31H48N6O4.2ClH/c1-3-40-30(38)26-13-22-8-18(5-6-21(22)15-32-26)16-36-17-25(14-27(36)31(39)41-4-2)37-34-29(33-35-37)28-23-9-19-7-20(11-23)12-24(28)10-19;;/h18-28,32H,3-17H2,1-2H3;2*1H/t18-,19?,20?,21-,22+,23?,24?,25-,26-,27-,28?;;/m0../s1. The van der Waals surface area contributed by atoms with Crippen molar-refractivity contribution >= 4 is 36.8 Å². The van der Waals surface area contributed by atoms with Gasteiger partial charge in [-0.2, -0.15) is 4.80 Å². The van der Waals surface area contributed by atoms with Crippen molar-refractivity contribution in [1.29, 1.82) is 0 Å². The van der Waals surface area contributed by atoms with E-state index >= 15 is 0 Å². The lowest BCUT2D eigenvalue weighted by Crippen LogP contribution is -2.51. The average molecular weight is 642 g/mol. The van der Waals surface area contributed by atoms with E-state index in [9.17, 15) is 9.59 Å². The monoisotopic (exact) mass is 640 g/mol. The van der Waals surface area contributed by atoms with E-state index < -0.39 is 0 Å². The number of nitrogens with one attached hydrogen (secondary N) is 1. The predicted molar refractivity (Wildman–Crippen MR) is 165 cm³/mol. The molecule has 3 heterocycles. The van der Waals surface area contributed by atoms with Crippen LogP contribution in [0.25, 0.3) is 0 Å². The van der Waals surface area contributed by atoms with Crippen LogP contribution in [0.5, 0.6) is 0 Å². The lowest BCUT2D eigenvalue weighted by Gasteiger charge is -2.53. The summed E-state index contributed by atoms with van der Waals surface area (Å²) in [7, 11) is 0.